The van der Waals surface area contributed by atoms with Crippen molar-refractivity contribution in [3.63, 3.8) is 0 Å². The van der Waals surface area contributed by atoms with Crippen molar-refractivity contribution >= 4 is 21.7 Å². The zero-order valence-electron chi connectivity index (χ0n) is 13.3. The highest BCUT2D eigenvalue weighted by Gasteiger charge is 2.32. The highest BCUT2D eigenvalue weighted by molar-refractivity contribution is 7.89. The topological polar surface area (TPSA) is 116 Å². The molecule has 1 saturated heterocycles. The van der Waals surface area contributed by atoms with Crippen LogP contribution in [-0.2, 0) is 19.6 Å². The average Bonchev–Trinajstić information content (AvgIpc) is 2.93. The summed E-state index contributed by atoms with van der Waals surface area (Å²) in [6, 6.07) is 3.37. The van der Waals surface area contributed by atoms with E-state index in [1.54, 1.807) is 13.8 Å². The Labute approximate surface area is 139 Å². The molecule has 1 aliphatic rings. The molecule has 0 unspecified atom stereocenters. The van der Waals surface area contributed by atoms with Gasteiger partial charge in [-0.1, -0.05) is 13.8 Å². The fourth-order valence-corrected chi connectivity index (χ4v) is 3.83. The van der Waals surface area contributed by atoms with Gasteiger partial charge in [-0.15, -0.1) is 0 Å². The molecule has 132 valence electrons. The van der Waals surface area contributed by atoms with Crippen molar-refractivity contribution in [2.24, 2.45) is 0 Å². The number of nitro groups is 1. The molecule has 0 radical (unpaired) electrons. The lowest BCUT2D eigenvalue weighted by atomic mass is 10.2. The third kappa shape index (κ3) is 3.49. The molecule has 1 aromatic carbocycles. The van der Waals surface area contributed by atoms with E-state index < -0.39 is 32.7 Å². The molecule has 0 aromatic heterocycles. The van der Waals surface area contributed by atoms with E-state index in [-0.39, 0.29) is 36.8 Å². The maximum absolute atomic E-state index is 12.5. The number of hydrogen-bond acceptors (Lipinski definition) is 7. The summed E-state index contributed by atoms with van der Waals surface area (Å²) in [5.41, 5.74) is -0.511. The lowest BCUT2D eigenvalue weighted by Crippen LogP contribution is -2.30. The molecule has 0 spiro atoms. The number of cyclic esters (lactones) is 1. The normalized spacial score (nSPS) is 17.8. The van der Waals surface area contributed by atoms with E-state index in [1.165, 1.54) is 16.4 Å². The highest BCUT2D eigenvalue weighted by atomic mass is 32.2. The molecule has 9 nitrogen and oxygen atoms in total. The Kier molecular flexibility index (Phi) is 5.40. The van der Waals surface area contributed by atoms with Gasteiger partial charge in [-0.3, -0.25) is 10.1 Å². The van der Waals surface area contributed by atoms with E-state index in [9.17, 15) is 23.3 Å². The quantitative estimate of drug-likeness (QED) is 0.410. The SMILES string of the molecule is CCN(CC)S(=O)(=O)c1ccc(O[C@@H]2CCOC2=O)c([N+](=O)[O-])c1. The van der Waals surface area contributed by atoms with Crippen molar-refractivity contribution in [1.29, 1.82) is 0 Å². The predicted molar refractivity (Wildman–Crippen MR) is 83.2 cm³/mol. The van der Waals surface area contributed by atoms with Gasteiger partial charge in [0.05, 0.1) is 16.4 Å². The van der Waals surface area contributed by atoms with Gasteiger partial charge >= 0.3 is 11.7 Å². The molecule has 1 atom stereocenters. The fourth-order valence-electron chi connectivity index (χ4n) is 2.35. The molecule has 0 amide bonds. The summed E-state index contributed by atoms with van der Waals surface area (Å²) < 4.78 is 36.2. The first-order valence-electron chi connectivity index (χ1n) is 7.43. The maximum atomic E-state index is 12.5. The summed E-state index contributed by atoms with van der Waals surface area (Å²) in [5, 5.41) is 11.3. The summed E-state index contributed by atoms with van der Waals surface area (Å²) in [5.74, 6) is -0.758. The zero-order valence-corrected chi connectivity index (χ0v) is 14.1. The molecule has 24 heavy (non-hydrogen) atoms. The summed E-state index contributed by atoms with van der Waals surface area (Å²) in [6.07, 6.45) is -0.635. The third-order valence-electron chi connectivity index (χ3n) is 3.63. The van der Waals surface area contributed by atoms with Gasteiger partial charge in [0.15, 0.2) is 11.9 Å². The molecule has 1 aromatic rings. The number of ether oxygens (including phenoxy) is 2. The van der Waals surface area contributed by atoms with Crippen LogP contribution in [0.4, 0.5) is 5.69 Å². The van der Waals surface area contributed by atoms with E-state index in [4.69, 9.17) is 9.47 Å². The second kappa shape index (κ2) is 7.14. The Hall–Kier alpha value is -2.20. The summed E-state index contributed by atoms with van der Waals surface area (Å²) >= 11 is 0. The minimum absolute atomic E-state index is 0.164. The largest absolute Gasteiger partial charge is 0.471 e. The first kappa shape index (κ1) is 18.1. The number of benzene rings is 1. The van der Waals surface area contributed by atoms with Crippen LogP contribution in [0.1, 0.15) is 20.3 Å². The second-order valence-electron chi connectivity index (χ2n) is 5.04. The number of rotatable bonds is 7. The lowest BCUT2D eigenvalue weighted by Gasteiger charge is -2.18. The number of carbonyl (C=O) groups is 1. The Morgan fingerprint density at radius 2 is 2.04 bits per heavy atom. The molecule has 1 aliphatic heterocycles. The van der Waals surface area contributed by atoms with Crippen molar-refractivity contribution < 1.29 is 27.6 Å². The standard InChI is InChI=1S/C14H18N2O7S/c1-3-15(4-2)24(20,21)10-5-6-12(11(9-10)16(18)19)23-13-7-8-22-14(13)17/h5-6,9,13H,3-4,7-8H2,1-2H3/t13-/m1/s1. The van der Waals surface area contributed by atoms with Gasteiger partial charge in [0.2, 0.25) is 10.0 Å². The summed E-state index contributed by atoms with van der Waals surface area (Å²) in [7, 11) is -3.83. The van der Waals surface area contributed by atoms with E-state index in [0.717, 1.165) is 6.07 Å². The number of hydrogen-bond donors (Lipinski definition) is 0. The van der Waals surface area contributed by atoms with Crippen LogP contribution in [0, 0.1) is 10.1 Å². The first-order valence-corrected chi connectivity index (χ1v) is 8.87. The number of carbonyl (C=O) groups excluding carboxylic acids is 1. The molecule has 2 rings (SSSR count). The Balaban J connectivity index is 2.40. The molecule has 0 bridgehead atoms. The predicted octanol–water partition coefficient (Wildman–Crippen LogP) is 1.32. The fraction of sp³-hybridized carbons (Fsp3) is 0.500. The minimum Gasteiger partial charge on any atom is -0.471 e. The number of nitro benzene ring substituents is 1. The Morgan fingerprint density at radius 1 is 1.38 bits per heavy atom. The molecule has 0 saturated carbocycles. The maximum Gasteiger partial charge on any atom is 0.347 e. The first-order chi connectivity index (χ1) is 11.3. The van der Waals surface area contributed by atoms with Gasteiger partial charge in [-0.25, -0.2) is 13.2 Å². The molecule has 1 heterocycles. The van der Waals surface area contributed by atoms with Gasteiger partial charge < -0.3 is 9.47 Å². The average molecular weight is 358 g/mol. The Bertz CT molecular complexity index is 743. The van der Waals surface area contributed by atoms with Crippen LogP contribution in [0.15, 0.2) is 23.1 Å². The molecular weight excluding hydrogens is 340 g/mol. The van der Waals surface area contributed by atoms with Crippen LogP contribution in [0.25, 0.3) is 0 Å². The lowest BCUT2D eigenvalue weighted by molar-refractivity contribution is -0.386. The van der Waals surface area contributed by atoms with Crippen molar-refractivity contribution in [2.75, 3.05) is 19.7 Å². The van der Waals surface area contributed by atoms with Crippen molar-refractivity contribution in [3.8, 4) is 5.75 Å². The zero-order chi connectivity index (χ0) is 17.9. The van der Waals surface area contributed by atoms with E-state index in [2.05, 4.69) is 0 Å². The molecular formula is C14H18N2O7S. The summed E-state index contributed by atoms with van der Waals surface area (Å²) in [6.45, 7) is 4.04. The van der Waals surface area contributed by atoms with E-state index in [0.29, 0.717) is 0 Å². The van der Waals surface area contributed by atoms with Crippen LogP contribution in [0.2, 0.25) is 0 Å². The molecule has 10 heteroatoms. The van der Waals surface area contributed by atoms with Gasteiger partial charge in [0.1, 0.15) is 0 Å². The Morgan fingerprint density at radius 3 is 2.54 bits per heavy atom. The van der Waals surface area contributed by atoms with Crippen molar-refractivity contribution in [2.45, 2.75) is 31.3 Å². The minimum atomic E-state index is -3.83. The van der Waals surface area contributed by atoms with E-state index in [1.807, 2.05) is 0 Å². The number of sulfonamides is 1. The van der Waals surface area contributed by atoms with Crippen LogP contribution < -0.4 is 4.74 Å². The smallest absolute Gasteiger partial charge is 0.347 e. The number of esters is 1. The van der Waals surface area contributed by atoms with Gasteiger partial charge in [-0.05, 0) is 12.1 Å². The summed E-state index contributed by atoms with van der Waals surface area (Å²) in [4.78, 5) is 21.8. The van der Waals surface area contributed by atoms with Crippen molar-refractivity contribution in [3.05, 3.63) is 28.3 Å². The van der Waals surface area contributed by atoms with Crippen molar-refractivity contribution in [1.82, 2.24) is 4.31 Å². The van der Waals surface area contributed by atoms with Gasteiger partial charge in [-0.2, -0.15) is 4.31 Å². The number of nitrogens with zero attached hydrogens (tertiary/aromatic N) is 2. The van der Waals surface area contributed by atoms with Crippen LogP contribution in [-0.4, -0.2) is 49.4 Å². The third-order valence-corrected chi connectivity index (χ3v) is 5.67. The van der Waals surface area contributed by atoms with Gasteiger partial charge in [0, 0.05) is 25.6 Å². The molecule has 0 aliphatic carbocycles. The van der Waals surface area contributed by atoms with Crippen LogP contribution >= 0.6 is 0 Å². The second-order valence-corrected chi connectivity index (χ2v) is 6.98. The highest BCUT2D eigenvalue weighted by Crippen LogP contribution is 2.32. The van der Waals surface area contributed by atoms with Gasteiger partial charge in [0.25, 0.3) is 0 Å². The monoisotopic (exact) mass is 358 g/mol. The van der Waals surface area contributed by atoms with E-state index >= 15 is 0 Å². The van der Waals surface area contributed by atoms with Crippen LogP contribution in [0.3, 0.4) is 0 Å². The molecule has 1 fully saturated rings. The van der Waals surface area contributed by atoms with Crippen LogP contribution in [0.5, 0.6) is 5.75 Å². The molecule has 0 N–H and O–H groups in total.